The molecule has 0 bridgehead atoms. The number of anilines is 1. The van der Waals surface area contributed by atoms with Crippen LogP contribution in [0.4, 0.5) is 5.69 Å². The highest BCUT2D eigenvalue weighted by Crippen LogP contribution is 2.53. The minimum absolute atomic E-state index is 0.00364. The minimum Gasteiger partial charge on any atom is -0.508 e. The summed E-state index contributed by atoms with van der Waals surface area (Å²) in [6, 6.07) is 1.97. The van der Waals surface area contributed by atoms with Gasteiger partial charge in [0.2, 0.25) is 11.7 Å². The summed E-state index contributed by atoms with van der Waals surface area (Å²) >= 11 is 0. The standard InChI is InChI=1S/C27H34N4O8/c1-11(2)9-29-10-16(32)30-15-6-5-12-7-13-8-14-20(31(3)4)23(35)19(26(28)38)25(37)27(14,39)24(36)18(13)22(34)17(12)21(15)33/h5-6,11,13-14,20,29,33-34,37,39H,7-10H2,1-4H3,(H2,28,38)(H,30,32)/t13?,14?,20-,27?/m0/s1. The number of phenols is 1. The zero-order valence-electron chi connectivity index (χ0n) is 22.2. The van der Waals surface area contributed by atoms with Crippen molar-refractivity contribution in [1.29, 1.82) is 0 Å². The Kier molecular flexibility index (Phi) is 7.32. The van der Waals surface area contributed by atoms with Crippen LogP contribution in [-0.2, 0) is 25.6 Å². The molecule has 0 saturated heterocycles. The summed E-state index contributed by atoms with van der Waals surface area (Å²) in [4.78, 5) is 52.8. The molecule has 3 unspecified atom stereocenters. The Balaban J connectivity index is 1.77. The van der Waals surface area contributed by atoms with Gasteiger partial charge in [-0.15, -0.1) is 0 Å². The molecule has 0 spiro atoms. The van der Waals surface area contributed by atoms with Crippen LogP contribution in [-0.4, -0.2) is 87.5 Å². The second kappa shape index (κ2) is 10.1. The van der Waals surface area contributed by atoms with Gasteiger partial charge in [0.15, 0.2) is 11.4 Å². The van der Waals surface area contributed by atoms with Crippen LogP contribution in [0.2, 0.25) is 0 Å². The molecule has 4 atom stereocenters. The summed E-state index contributed by atoms with van der Waals surface area (Å²) < 4.78 is 0. The number of ketones is 2. The summed E-state index contributed by atoms with van der Waals surface area (Å²) in [6.45, 7) is 4.59. The Morgan fingerprint density at radius 1 is 1.18 bits per heavy atom. The van der Waals surface area contributed by atoms with Crippen LogP contribution in [0.1, 0.15) is 31.4 Å². The molecule has 1 aromatic rings. The molecule has 0 heterocycles. The number of hydrogen-bond donors (Lipinski definition) is 7. The molecule has 39 heavy (non-hydrogen) atoms. The number of hydrogen-bond acceptors (Lipinski definition) is 10. The van der Waals surface area contributed by atoms with E-state index in [0.29, 0.717) is 18.0 Å². The molecule has 4 rings (SSSR count). The number of nitrogens with two attached hydrogens (primary N) is 1. The van der Waals surface area contributed by atoms with Crippen LogP contribution < -0.4 is 16.4 Å². The lowest BCUT2D eigenvalue weighted by atomic mass is 9.57. The van der Waals surface area contributed by atoms with Gasteiger partial charge in [-0.05, 0) is 56.9 Å². The fourth-order valence-corrected chi connectivity index (χ4v) is 5.99. The van der Waals surface area contributed by atoms with Crippen LogP contribution in [0.15, 0.2) is 29.0 Å². The zero-order chi connectivity index (χ0) is 29.0. The predicted molar refractivity (Wildman–Crippen MR) is 141 cm³/mol. The van der Waals surface area contributed by atoms with E-state index in [2.05, 4.69) is 10.6 Å². The summed E-state index contributed by atoms with van der Waals surface area (Å²) in [5.41, 5.74) is 1.94. The molecule has 1 fully saturated rings. The van der Waals surface area contributed by atoms with E-state index in [1.807, 2.05) is 13.8 Å². The van der Waals surface area contributed by atoms with Crippen molar-refractivity contribution in [3.8, 4) is 5.75 Å². The Morgan fingerprint density at radius 2 is 1.85 bits per heavy atom. The molecule has 1 aromatic carbocycles. The summed E-state index contributed by atoms with van der Waals surface area (Å²) in [5.74, 6) is -7.29. The Labute approximate surface area is 225 Å². The Bertz CT molecular complexity index is 1330. The second-order valence-corrected chi connectivity index (χ2v) is 11.0. The fraction of sp³-hybridized carbons (Fsp3) is 0.481. The maximum atomic E-state index is 13.8. The third kappa shape index (κ3) is 4.48. The van der Waals surface area contributed by atoms with Crippen LogP contribution in [0.5, 0.6) is 5.75 Å². The van der Waals surface area contributed by atoms with E-state index in [1.165, 1.54) is 11.0 Å². The number of carbonyl (C=O) groups is 4. The monoisotopic (exact) mass is 542 g/mol. The molecule has 0 aliphatic heterocycles. The average molecular weight is 543 g/mol. The Morgan fingerprint density at radius 3 is 2.44 bits per heavy atom. The number of aliphatic hydroxyl groups excluding tert-OH is 2. The lowest BCUT2D eigenvalue weighted by molar-refractivity contribution is -0.153. The van der Waals surface area contributed by atoms with E-state index in [1.54, 1.807) is 20.2 Å². The van der Waals surface area contributed by atoms with Crippen LogP contribution in [0.3, 0.4) is 0 Å². The molecule has 12 heteroatoms. The van der Waals surface area contributed by atoms with Crippen molar-refractivity contribution < 1.29 is 39.6 Å². The van der Waals surface area contributed by atoms with Crippen molar-refractivity contribution in [3.05, 3.63) is 40.2 Å². The first kappa shape index (κ1) is 28.3. The molecule has 1 saturated carbocycles. The van der Waals surface area contributed by atoms with Gasteiger partial charge in [0.1, 0.15) is 22.8 Å². The minimum atomic E-state index is -2.70. The van der Waals surface area contributed by atoms with Gasteiger partial charge in [0.05, 0.1) is 23.8 Å². The van der Waals surface area contributed by atoms with Gasteiger partial charge in [0, 0.05) is 11.5 Å². The first-order valence-electron chi connectivity index (χ1n) is 12.7. The highest BCUT2D eigenvalue weighted by atomic mass is 16.3. The highest BCUT2D eigenvalue weighted by Gasteiger charge is 2.64. The van der Waals surface area contributed by atoms with Gasteiger partial charge in [0.25, 0.3) is 5.91 Å². The van der Waals surface area contributed by atoms with Gasteiger partial charge >= 0.3 is 0 Å². The molecule has 210 valence electrons. The third-order valence-corrected chi connectivity index (χ3v) is 7.71. The van der Waals surface area contributed by atoms with Gasteiger partial charge < -0.3 is 36.8 Å². The van der Waals surface area contributed by atoms with Crippen molar-refractivity contribution in [2.75, 3.05) is 32.5 Å². The maximum absolute atomic E-state index is 13.8. The molecule has 3 aliphatic carbocycles. The maximum Gasteiger partial charge on any atom is 0.255 e. The van der Waals surface area contributed by atoms with E-state index >= 15 is 0 Å². The van der Waals surface area contributed by atoms with E-state index in [4.69, 9.17) is 5.73 Å². The molecule has 12 nitrogen and oxygen atoms in total. The first-order valence-corrected chi connectivity index (χ1v) is 12.7. The van der Waals surface area contributed by atoms with E-state index < -0.39 is 69.7 Å². The fourth-order valence-electron chi connectivity index (χ4n) is 5.99. The molecule has 8 N–H and O–H groups in total. The highest BCUT2D eigenvalue weighted by molar-refractivity contribution is 6.24. The van der Waals surface area contributed by atoms with Crippen LogP contribution in [0.25, 0.3) is 5.76 Å². The van der Waals surface area contributed by atoms with E-state index in [-0.39, 0.29) is 36.2 Å². The smallest absolute Gasteiger partial charge is 0.255 e. The molecule has 0 radical (unpaired) electrons. The van der Waals surface area contributed by atoms with Crippen molar-refractivity contribution in [3.63, 3.8) is 0 Å². The summed E-state index contributed by atoms with van der Waals surface area (Å²) in [5, 5.41) is 50.3. The normalized spacial score (nSPS) is 26.5. The van der Waals surface area contributed by atoms with Crippen molar-refractivity contribution in [2.45, 2.75) is 38.3 Å². The topological polar surface area (TPSA) is 203 Å². The SMILES string of the molecule is CC(C)CNCC(=O)Nc1ccc2c(c1O)C(O)=C1C(=O)C3(O)C(O)=C(C(N)=O)C(=O)[C@@H](N(C)C)C3CC1C2. The number of benzene rings is 1. The zero-order valence-corrected chi connectivity index (χ0v) is 22.2. The number of phenolic OH excluding ortho intramolecular Hbond substituents is 1. The number of fused-ring (bicyclic) bond motifs is 3. The van der Waals surface area contributed by atoms with Gasteiger partial charge in [-0.25, -0.2) is 0 Å². The van der Waals surface area contributed by atoms with Crippen molar-refractivity contribution >= 4 is 34.8 Å². The average Bonchev–Trinajstić information content (AvgIpc) is 2.82. The van der Waals surface area contributed by atoms with E-state index in [0.717, 1.165) is 0 Å². The number of nitrogens with zero attached hydrogens (tertiary/aromatic N) is 1. The van der Waals surface area contributed by atoms with Gasteiger partial charge in [-0.2, -0.15) is 0 Å². The summed E-state index contributed by atoms with van der Waals surface area (Å²) in [6.07, 6.45) is 0.179. The van der Waals surface area contributed by atoms with Gasteiger partial charge in [-0.3, -0.25) is 24.1 Å². The number of amides is 2. The van der Waals surface area contributed by atoms with Gasteiger partial charge in [-0.1, -0.05) is 19.9 Å². The second-order valence-electron chi connectivity index (χ2n) is 11.0. The number of rotatable bonds is 7. The van der Waals surface area contributed by atoms with E-state index in [9.17, 15) is 39.6 Å². The first-order chi connectivity index (χ1) is 18.2. The number of primary amides is 1. The van der Waals surface area contributed by atoms with Crippen molar-refractivity contribution in [2.24, 2.45) is 23.5 Å². The molecule has 2 amide bonds. The lowest BCUT2D eigenvalue weighted by Crippen LogP contribution is -2.65. The largest absolute Gasteiger partial charge is 0.508 e. The van der Waals surface area contributed by atoms with Crippen LogP contribution >= 0.6 is 0 Å². The molecular formula is C27H34N4O8. The lowest BCUT2D eigenvalue weighted by Gasteiger charge is -2.50. The number of nitrogens with one attached hydrogen (secondary N) is 2. The summed E-state index contributed by atoms with van der Waals surface area (Å²) in [7, 11) is 3.08. The quantitative estimate of drug-likeness (QED) is 0.184. The molecule has 0 aromatic heterocycles. The molecule has 3 aliphatic rings. The Hall–Kier alpha value is -3.74. The number of aliphatic hydroxyl groups is 3. The number of aromatic hydroxyl groups is 1. The number of likely N-dealkylation sites (N-methyl/N-ethyl adjacent to an activating group) is 1. The third-order valence-electron chi connectivity index (χ3n) is 7.71. The number of Topliss-reactive ketones (excluding diaryl/α,β-unsaturated/α-hetero) is 2. The van der Waals surface area contributed by atoms with Crippen LogP contribution in [0, 0.1) is 17.8 Å². The predicted octanol–water partition coefficient (Wildman–Crippen LogP) is 0.148. The van der Waals surface area contributed by atoms with Crippen molar-refractivity contribution in [1.82, 2.24) is 10.2 Å². The number of carbonyl (C=O) groups excluding carboxylic acids is 4. The molecular weight excluding hydrogens is 508 g/mol.